The van der Waals surface area contributed by atoms with E-state index in [1.54, 1.807) is 0 Å². The molecular weight excluding hydrogens is 98.9 g/mol. The molecule has 0 spiro atoms. The van der Waals surface area contributed by atoms with Gasteiger partial charge in [-0.1, -0.05) is 12.7 Å². The number of rotatable bonds is 5. The maximum Gasteiger partial charge on any atom is 0.200 e. The highest BCUT2D eigenvalue weighted by molar-refractivity contribution is 6.31. The number of nitrogens with two attached hydrogens (primary N) is 1. The van der Waals surface area contributed by atoms with Gasteiger partial charge >= 0.3 is 0 Å². The summed E-state index contributed by atoms with van der Waals surface area (Å²) >= 11 is 0. The molecule has 0 radical (unpaired) electrons. The Morgan fingerprint density at radius 3 is 2.75 bits per heavy atom. The van der Waals surface area contributed by atoms with Crippen LogP contribution < -0.4 is 11.0 Å². The van der Waals surface area contributed by atoms with E-state index in [9.17, 15) is 0 Å². The zero-order valence-corrected chi connectivity index (χ0v) is 5.61. The van der Waals surface area contributed by atoms with Crippen LogP contribution in [0.2, 0.25) is 6.32 Å². The number of unbranched alkanes of at least 4 members (excludes halogenated alkanes) is 1. The lowest BCUT2D eigenvalue weighted by Crippen LogP contribution is -2.12. The first-order valence-electron chi connectivity index (χ1n) is 3.26. The van der Waals surface area contributed by atoms with Crippen molar-refractivity contribution in [2.45, 2.75) is 19.2 Å². The average Bonchev–Trinajstić information content (AvgIpc) is 1.81. The molecule has 0 aliphatic carbocycles. The van der Waals surface area contributed by atoms with Crippen molar-refractivity contribution >= 4 is 7.41 Å². The van der Waals surface area contributed by atoms with Crippen LogP contribution in [0.1, 0.15) is 12.8 Å². The number of hydrogen-bond acceptors (Lipinski definition) is 2. The normalized spacial score (nSPS) is 9.25. The molecule has 0 bridgehead atoms. The minimum Gasteiger partial charge on any atom is -0.361 e. The van der Waals surface area contributed by atoms with Crippen molar-refractivity contribution in [1.82, 2.24) is 5.23 Å². The lowest BCUT2D eigenvalue weighted by molar-refractivity contribution is 0.800. The maximum atomic E-state index is 5.29. The molecular formula is C5H15BN2. The zero-order valence-electron chi connectivity index (χ0n) is 5.61. The van der Waals surface area contributed by atoms with Gasteiger partial charge in [0.2, 0.25) is 7.41 Å². The molecule has 0 aromatic heterocycles. The minimum absolute atomic E-state index is 0.837. The second-order valence-electron chi connectivity index (χ2n) is 1.95. The van der Waals surface area contributed by atoms with Crippen LogP contribution in [0.25, 0.3) is 0 Å². The summed E-state index contributed by atoms with van der Waals surface area (Å²) in [5, 5.41) is 3.09. The SMILES string of the molecule is CNBCCCCN. The van der Waals surface area contributed by atoms with Gasteiger partial charge in [0.05, 0.1) is 0 Å². The largest absolute Gasteiger partial charge is 0.361 e. The van der Waals surface area contributed by atoms with Gasteiger partial charge in [-0.2, -0.15) is 0 Å². The van der Waals surface area contributed by atoms with Crippen molar-refractivity contribution in [3.05, 3.63) is 0 Å². The molecule has 0 atom stereocenters. The third-order valence-electron chi connectivity index (χ3n) is 1.13. The maximum absolute atomic E-state index is 5.29. The van der Waals surface area contributed by atoms with Crippen LogP contribution >= 0.6 is 0 Å². The Balaban J connectivity index is 2.53. The van der Waals surface area contributed by atoms with Crippen molar-refractivity contribution in [1.29, 1.82) is 0 Å². The molecule has 2 nitrogen and oxygen atoms in total. The summed E-state index contributed by atoms with van der Waals surface area (Å²) < 4.78 is 0. The van der Waals surface area contributed by atoms with Crippen molar-refractivity contribution in [3.8, 4) is 0 Å². The molecule has 0 amide bonds. The Labute approximate surface area is 52.1 Å². The molecule has 3 heteroatoms. The summed E-state index contributed by atoms with van der Waals surface area (Å²) in [4.78, 5) is 0. The van der Waals surface area contributed by atoms with E-state index in [4.69, 9.17) is 5.73 Å². The summed E-state index contributed by atoms with van der Waals surface area (Å²) in [6.07, 6.45) is 3.69. The fourth-order valence-corrected chi connectivity index (χ4v) is 0.623. The molecule has 0 aromatic rings. The Hall–Kier alpha value is -0.0151. The standard InChI is InChI=1S/C5H15BN2/c1-8-6-4-2-3-5-7/h6,8H,2-5,7H2,1H3. The van der Waals surface area contributed by atoms with Gasteiger partial charge in [-0.05, 0) is 20.0 Å². The van der Waals surface area contributed by atoms with Gasteiger partial charge in [0.1, 0.15) is 0 Å². The molecule has 0 aliphatic heterocycles. The van der Waals surface area contributed by atoms with E-state index in [1.807, 2.05) is 7.05 Å². The minimum atomic E-state index is 0.837. The smallest absolute Gasteiger partial charge is 0.200 e. The predicted molar refractivity (Wildman–Crippen MR) is 39.3 cm³/mol. The van der Waals surface area contributed by atoms with E-state index < -0.39 is 0 Å². The van der Waals surface area contributed by atoms with Gasteiger partial charge in [0, 0.05) is 0 Å². The second kappa shape index (κ2) is 6.98. The molecule has 0 rings (SSSR count). The van der Waals surface area contributed by atoms with E-state index in [2.05, 4.69) is 5.23 Å². The highest BCUT2D eigenvalue weighted by atomic mass is 14.7. The molecule has 48 valence electrons. The third-order valence-corrected chi connectivity index (χ3v) is 1.13. The van der Waals surface area contributed by atoms with Crippen LogP contribution in [-0.4, -0.2) is 21.0 Å². The first-order chi connectivity index (χ1) is 3.91. The highest BCUT2D eigenvalue weighted by Crippen LogP contribution is 1.89. The Morgan fingerprint density at radius 1 is 1.50 bits per heavy atom. The quantitative estimate of drug-likeness (QED) is 0.381. The van der Waals surface area contributed by atoms with Gasteiger partial charge in [-0.3, -0.25) is 0 Å². The lowest BCUT2D eigenvalue weighted by atomic mass is 9.87. The lowest BCUT2D eigenvalue weighted by Gasteiger charge is -1.93. The number of nitrogens with one attached hydrogen (secondary N) is 1. The Bertz CT molecular complexity index is 35.4. The van der Waals surface area contributed by atoms with Crippen molar-refractivity contribution < 1.29 is 0 Å². The van der Waals surface area contributed by atoms with E-state index in [-0.39, 0.29) is 0 Å². The highest BCUT2D eigenvalue weighted by Gasteiger charge is 1.85. The molecule has 0 aromatic carbocycles. The van der Waals surface area contributed by atoms with E-state index in [1.165, 1.54) is 19.2 Å². The summed E-state index contributed by atoms with van der Waals surface area (Å²) in [6, 6.07) is 0. The number of hydrogen-bond donors (Lipinski definition) is 2. The van der Waals surface area contributed by atoms with Gasteiger partial charge < -0.3 is 11.0 Å². The summed E-state index contributed by atoms with van der Waals surface area (Å²) in [5.41, 5.74) is 5.29. The molecule has 0 aliphatic rings. The van der Waals surface area contributed by atoms with Gasteiger partial charge in [-0.15, -0.1) is 0 Å². The van der Waals surface area contributed by atoms with Crippen LogP contribution in [0.15, 0.2) is 0 Å². The zero-order chi connectivity index (χ0) is 6.24. The third kappa shape index (κ3) is 5.98. The van der Waals surface area contributed by atoms with Gasteiger partial charge in [0.15, 0.2) is 0 Å². The molecule has 3 N–H and O–H groups in total. The monoisotopic (exact) mass is 114 g/mol. The predicted octanol–water partition coefficient (Wildman–Crippen LogP) is -0.285. The van der Waals surface area contributed by atoms with Crippen LogP contribution in [0, 0.1) is 0 Å². The van der Waals surface area contributed by atoms with E-state index in [0.717, 1.165) is 14.0 Å². The fraction of sp³-hybridized carbons (Fsp3) is 1.00. The van der Waals surface area contributed by atoms with Crippen LogP contribution in [0.5, 0.6) is 0 Å². The van der Waals surface area contributed by atoms with Gasteiger partial charge in [-0.25, -0.2) is 0 Å². The Morgan fingerprint density at radius 2 is 2.25 bits per heavy atom. The van der Waals surface area contributed by atoms with Crippen LogP contribution in [0.4, 0.5) is 0 Å². The topological polar surface area (TPSA) is 38.0 Å². The van der Waals surface area contributed by atoms with Crippen molar-refractivity contribution in [2.75, 3.05) is 13.6 Å². The fourth-order valence-electron chi connectivity index (χ4n) is 0.623. The van der Waals surface area contributed by atoms with E-state index >= 15 is 0 Å². The van der Waals surface area contributed by atoms with Crippen LogP contribution in [0.3, 0.4) is 0 Å². The average molecular weight is 114 g/mol. The molecule has 0 fully saturated rings. The molecule has 0 saturated heterocycles. The summed E-state index contributed by atoms with van der Waals surface area (Å²) in [6.45, 7) is 0.837. The second-order valence-corrected chi connectivity index (χ2v) is 1.95. The van der Waals surface area contributed by atoms with Crippen molar-refractivity contribution in [2.24, 2.45) is 5.73 Å². The molecule has 0 unspecified atom stereocenters. The first kappa shape index (κ1) is 7.98. The molecule has 8 heavy (non-hydrogen) atoms. The molecule has 0 saturated carbocycles. The summed E-state index contributed by atoms with van der Waals surface area (Å²) in [5.74, 6) is 0. The Kier molecular flexibility index (Phi) is 6.97. The van der Waals surface area contributed by atoms with Crippen molar-refractivity contribution in [3.63, 3.8) is 0 Å². The summed E-state index contributed by atoms with van der Waals surface area (Å²) in [7, 11) is 3.10. The van der Waals surface area contributed by atoms with Crippen LogP contribution in [-0.2, 0) is 0 Å². The first-order valence-corrected chi connectivity index (χ1v) is 3.26. The van der Waals surface area contributed by atoms with E-state index in [0.29, 0.717) is 0 Å². The molecule has 0 heterocycles. The van der Waals surface area contributed by atoms with Gasteiger partial charge in [0.25, 0.3) is 0 Å².